The van der Waals surface area contributed by atoms with Crippen molar-refractivity contribution < 1.29 is 19.1 Å². The number of hydrogen-bond donors (Lipinski definition) is 0. The Morgan fingerprint density at radius 2 is 1.22 bits per heavy atom. The molecule has 0 aliphatic carbocycles. The summed E-state index contributed by atoms with van der Waals surface area (Å²) in [7, 11) is 0. The summed E-state index contributed by atoms with van der Waals surface area (Å²) in [5.41, 5.74) is 1.12. The monoisotopic (exact) mass is 446 g/mol. The standard InChI is InChI=1S/C28H46O4/c1-6-7-8-9-10-11-12-13-14-24-17-18-25(31-27(29)19-15-22(2)3)26(21-24)32-28(30)20-16-23(4)5/h17-18,21-23H,6-16,19-20H2,1-5H3. The van der Waals surface area contributed by atoms with Crippen LogP contribution >= 0.6 is 0 Å². The molecule has 0 amide bonds. The van der Waals surface area contributed by atoms with E-state index in [1.54, 1.807) is 6.07 Å². The number of benzene rings is 1. The minimum absolute atomic E-state index is 0.276. The molecule has 0 saturated heterocycles. The number of rotatable bonds is 17. The Morgan fingerprint density at radius 3 is 1.75 bits per heavy atom. The summed E-state index contributed by atoms with van der Waals surface area (Å²) in [5.74, 6) is 1.02. The lowest BCUT2D eigenvalue weighted by molar-refractivity contribution is -0.137. The van der Waals surface area contributed by atoms with Crippen LogP contribution in [0.3, 0.4) is 0 Å². The molecular formula is C28H46O4. The minimum Gasteiger partial charge on any atom is -0.423 e. The van der Waals surface area contributed by atoms with Gasteiger partial charge in [0, 0.05) is 12.8 Å². The second-order valence-electron chi connectivity index (χ2n) is 9.82. The molecular weight excluding hydrogens is 400 g/mol. The Labute approximate surface area is 196 Å². The van der Waals surface area contributed by atoms with Crippen LogP contribution in [0.4, 0.5) is 0 Å². The molecule has 32 heavy (non-hydrogen) atoms. The fourth-order valence-corrected chi connectivity index (χ4v) is 3.50. The van der Waals surface area contributed by atoms with Crippen molar-refractivity contribution >= 4 is 11.9 Å². The lowest BCUT2D eigenvalue weighted by Gasteiger charge is -2.13. The Bertz CT molecular complexity index is 663. The Kier molecular flexibility index (Phi) is 14.8. The molecule has 0 aromatic heterocycles. The summed E-state index contributed by atoms with van der Waals surface area (Å²) >= 11 is 0. The van der Waals surface area contributed by atoms with Gasteiger partial charge in [0.05, 0.1) is 0 Å². The van der Waals surface area contributed by atoms with Crippen molar-refractivity contribution in [3.63, 3.8) is 0 Å². The highest BCUT2D eigenvalue weighted by Gasteiger charge is 2.15. The maximum Gasteiger partial charge on any atom is 0.311 e. The highest BCUT2D eigenvalue weighted by atomic mass is 16.6. The van der Waals surface area contributed by atoms with Crippen molar-refractivity contribution in [1.29, 1.82) is 0 Å². The lowest BCUT2D eigenvalue weighted by Crippen LogP contribution is -2.13. The molecule has 0 bridgehead atoms. The van der Waals surface area contributed by atoms with Crippen LogP contribution in [0.1, 0.15) is 117 Å². The number of aryl methyl sites for hydroxylation is 1. The third kappa shape index (κ3) is 13.5. The van der Waals surface area contributed by atoms with Gasteiger partial charge >= 0.3 is 11.9 Å². The molecule has 1 rings (SSSR count). The summed E-state index contributed by atoms with van der Waals surface area (Å²) in [6.07, 6.45) is 13.4. The van der Waals surface area contributed by atoms with Crippen LogP contribution in [0.2, 0.25) is 0 Å². The molecule has 1 aromatic carbocycles. The van der Waals surface area contributed by atoms with Crippen LogP contribution in [0.25, 0.3) is 0 Å². The van der Waals surface area contributed by atoms with Gasteiger partial charge in [-0.3, -0.25) is 9.59 Å². The molecule has 0 saturated carbocycles. The van der Waals surface area contributed by atoms with Crippen LogP contribution in [0.15, 0.2) is 18.2 Å². The van der Waals surface area contributed by atoms with E-state index in [1.165, 1.54) is 44.9 Å². The SMILES string of the molecule is CCCCCCCCCCc1ccc(OC(=O)CCC(C)C)c(OC(=O)CCC(C)C)c1. The fraction of sp³-hybridized carbons (Fsp3) is 0.714. The van der Waals surface area contributed by atoms with Gasteiger partial charge in [0.2, 0.25) is 0 Å². The molecule has 1 aromatic rings. The zero-order valence-corrected chi connectivity index (χ0v) is 21.2. The molecule has 182 valence electrons. The first-order valence-corrected chi connectivity index (χ1v) is 12.9. The number of ether oxygens (including phenoxy) is 2. The average molecular weight is 447 g/mol. The van der Waals surface area contributed by atoms with Crippen LogP contribution in [0.5, 0.6) is 11.5 Å². The van der Waals surface area contributed by atoms with Gasteiger partial charge in [-0.25, -0.2) is 0 Å². The average Bonchev–Trinajstić information content (AvgIpc) is 2.74. The number of unbranched alkanes of at least 4 members (excludes halogenated alkanes) is 7. The second kappa shape index (κ2) is 16.7. The number of esters is 2. The Morgan fingerprint density at radius 1 is 0.719 bits per heavy atom. The lowest BCUT2D eigenvalue weighted by atomic mass is 10.0. The molecule has 4 nitrogen and oxygen atoms in total. The van der Waals surface area contributed by atoms with Crippen molar-refractivity contribution in [3.05, 3.63) is 23.8 Å². The highest BCUT2D eigenvalue weighted by molar-refractivity contribution is 5.76. The van der Waals surface area contributed by atoms with Crippen molar-refractivity contribution in [3.8, 4) is 11.5 Å². The summed E-state index contributed by atoms with van der Waals surface area (Å²) < 4.78 is 11.2. The van der Waals surface area contributed by atoms with Crippen molar-refractivity contribution in [2.24, 2.45) is 11.8 Å². The van der Waals surface area contributed by atoms with E-state index in [0.29, 0.717) is 36.2 Å². The van der Waals surface area contributed by atoms with Crippen molar-refractivity contribution in [2.45, 2.75) is 118 Å². The zero-order chi connectivity index (χ0) is 23.8. The van der Waals surface area contributed by atoms with E-state index < -0.39 is 0 Å². The molecule has 0 fully saturated rings. The topological polar surface area (TPSA) is 52.6 Å². The zero-order valence-electron chi connectivity index (χ0n) is 21.2. The van der Waals surface area contributed by atoms with E-state index in [1.807, 2.05) is 12.1 Å². The van der Waals surface area contributed by atoms with Gasteiger partial charge in [-0.2, -0.15) is 0 Å². The summed E-state index contributed by atoms with van der Waals surface area (Å²) in [5, 5.41) is 0. The number of hydrogen-bond acceptors (Lipinski definition) is 4. The molecule has 0 aliphatic heterocycles. The third-order valence-electron chi connectivity index (χ3n) is 5.63. The van der Waals surface area contributed by atoms with E-state index in [-0.39, 0.29) is 11.9 Å². The van der Waals surface area contributed by atoms with Gasteiger partial charge in [-0.15, -0.1) is 0 Å². The van der Waals surface area contributed by atoms with Gasteiger partial charge < -0.3 is 9.47 Å². The molecule has 0 heterocycles. The Hall–Kier alpha value is -1.84. The van der Waals surface area contributed by atoms with Gasteiger partial charge in [0.25, 0.3) is 0 Å². The van der Waals surface area contributed by atoms with Crippen LogP contribution in [-0.4, -0.2) is 11.9 Å². The summed E-state index contributed by atoms with van der Waals surface area (Å²) in [6, 6.07) is 5.63. The fourth-order valence-electron chi connectivity index (χ4n) is 3.50. The van der Waals surface area contributed by atoms with Crippen LogP contribution in [0, 0.1) is 11.8 Å². The van der Waals surface area contributed by atoms with Crippen molar-refractivity contribution in [2.75, 3.05) is 0 Å². The molecule has 0 aliphatic rings. The molecule has 0 spiro atoms. The van der Waals surface area contributed by atoms with Gasteiger partial charge in [-0.05, 0) is 55.2 Å². The second-order valence-corrected chi connectivity index (χ2v) is 9.82. The first-order chi connectivity index (χ1) is 15.3. The molecule has 0 unspecified atom stereocenters. The first kappa shape index (κ1) is 28.2. The quantitative estimate of drug-likeness (QED) is 0.138. The van der Waals surface area contributed by atoms with Gasteiger partial charge in [-0.1, -0.05) is 85.6 Å². The van der Waals surface area contributed by atoms with E-state index in [0.717, 1.165) is 31.2 Å². The van der Waals surface area contributed by atoms with E-state index in [4.69, 9.17) is 9.47 Å². The van der Waals surface area contributed by atoms with E-state index >= 15 is 0 Å². The van der Waals surface area contributed by atoms with E-state index in [9.17, 15) is 9.59 Å². The predicted octanol–water partition coefficient (Wildman–Crippen LogP) is 8.05. The van der Waals surface area contributed by atoms with Crippen LogP contribution in [-0.2, 0) is 16.0 Å². The molecule has 4 heteroatoms. The maximum absolute atomic E-state index is 12.3. The first-order valence-electron chi connectivity index (χ1n) is 12.9. The van der Waals surface area contributed by atoms with E-state index in [2.05, 4.69) is 34.6 Å². The largest absolute Gasteiger partial charge is 0.423 e. The molecule has 0 radical (unpaired) electrons. The smallest absolute Gasteiger partial charge is 0.311 e. The summed E-state index contributed by atoms with van der Waals surface area (Å²) in [4.78, 5) is 24.6. The molecule has 0 atom stereocenters. The highest BCUT2D eigenvalue weighted by Crippen LogP contribution is 2.30. The molecule has 0 N–H and O–H groups in total. The normalized spacial score (nSPS) is 11.2. The minimum atomic E-state index is -0.283. The third-order valence-corrected chi connectivity index (χ3v) is 5.63. The number of carbonyl (C=O) groups is 2. The van der Waals surface area contributed by atoms with Gasteiger partial charge in [0.15, 0.2) is 11.5 Å². The maximum atomic E-state index is 12.3. The predicted molar refractivity (Wildman–Crippen MR) is 132 cm³/mol. The van der Waals surface area contributed by atoms with Gasteiger partial charge in [0.1, 0.15) is 0 Å². The summed E-state index contributed by atoms with van der Waals surface area (Å²) in [6.45, 7) is 10.6. The number of carbonyl (C=O) groups excluding carboxylic acids is 2. The Balaban J connectivity index is 2.67. The van der Waals surface area contributed by atoms with Crippen molar-refractivity contribution in [1.82, 2.24) is 0 Å². The van der Waals surface area contributed by atoms with Crippen LogP contribution < -0.4 is 9.47 Å².